The van der Waals surface area contributed by atoms with Crippen LogP contribution in [0.15, 0.2) is 110 Å². The van der Waals surface area contributed by atoms with Gasteiger partial charge in [-0.2, -0.15) is 5.10 Å². The summed E-state index contributed by atoms with van der Waals surface area (Å²) < 4.78 is 10.8. The number of rotatable bonds is 6. The van der Waals surface area contributed by atoms with Gasteiger partial charge in [-0.3, -0.25) is 19.2 Å². The Balaban J connectivity index is 0.000000142. The van der Waals surface area contributed by atoms with Crippen molar-refractivity contribution < 1.29 is 28.6 Å². The molecule has 0 spiro atoms. The Morgan fingerprint density at radius 1 is 0.981 bits per heavy atom. The second-order valence-corrected chi connectivity index (χ2v) is 12.0. The quantitative estimate of drug-likeness (QED) is 0.127. The van der Waals surface area contributed by atoms with Crippen molar-refractivity contribution in [2.45, 2.75) is 26.7 Å². The lowest BCUT2D eigenvalue weighted by molar-refractivity contribution is -0.119. The topological polar surface area (TPSA) is 200 Å². The van der Waals surface area contributed by atoms with Crippen molar-refractivity contribution >= 4 is 62.1 Å². The third-order valence-electron chi connectivity index (χ3n) is 8.22. The molecule has 4 N–H and O–H groups in total. The van der Waals surface area contributed by atoms with E-state index < -0.39 is 16.8 Å². The molecule has 14 nitrogen and oxygen atoms in total. The van der Waals surface area contributed by atoms with Crippen LogP contribution < -0.4 is 25.9 Å². The average Bonchev–Trinajstić information content (AvgIpc) is 3.72. The van der Waals surface area contributed by atoms with Gasteiger partial charge in [-0.1, -0.05) is 30.3 Å². The molecule has 5 aromatic rings. The second-order valence-electron chi connectivity index (χ2n) is 12.0. The molecule has 8 rings (SSSR count). The number of aromatic nitrogens is 3. The molecule has 0 atom stereocenters. The number of nitrogens with one attached hydrogen (secondary N) is 3. The molecular weight excluding hydrogens is 680 g/mol. The van der Waals surface area contributed by atoms with Crippen LogP contribution >= 0.6 is 0 Å². The normalized spacial score (nSPS) is 12.2. The summed E-state index contributed by atoms with van der Waals surface area (Å²) in [5, 5.41) is 18.6. The molecule has 2 aliphatic heterocycles. The maximum Gasteiger partial charge on any atom is 0.352 e. The number of amides is 2. The Morgan fingerprint density at radius 2 is 1.74 bits per heavy atom. The summed E-state index contributed by atoms with van der Waals surface area (Å²) >= 11 is 0. The zero-order valence-electron chi connectivity index (χ0n) is 28.9. The summed E-state index contributed by atoms with van der Waals surface area (Å²) in [5.41, 5.74) is 3.63. The Bertz CT molecular complexity index is 2610. The number of hydrogen-bond acceptors (Lipinski definition) is 9. The summed E-state index contributed by atoms with van der Waals surface area (Å²) in [6, 6.07) is 24.5. The molecule has 2 aromatic heterocycles. The number of pyridine rings is 1. The number of hydrazone groups is 1. The van der Waals surface area contributed by atoms with E-state index in [0.717, 1.165) is 40.5 Å². The van der Waals surface area contributed by atoms with Crippen molar-refractivity contribution in [2.75, 3.05) is 18.7 Å². The minimum atomic E-state index is -1.32. The second kappa shape index (κ2) is 15.4. The summed E-state index contributed by atoms with van der Waals surface area (Å²) in [5.74, 6) is -0.251. The standard InChI is InChI=1S/C16H8N2O5.C13H16N2O2.C10H10N2O/c19-9-5-8(16(21)22)18-14-10(20)6-12-15(13(9)14)17-7-3-1-2-4-11(7)23-12;1-9(16)14-6-5-10-8-15-13-4-3-11(17-2)7-12(10)13;1-8-7-10(13)12(11-8)9-5-3-2-4-6-9/h1-6H,(H,18,19)(H,21,22);3-4,7-8,15H,5-6H2,1-2H3,(H,14,16);2-6H,7H2,1H3. The van der Waals surface area contributed by atoms with Crippen LogP contribution in [-0.4, -0.2) is 57.2 Å². The first-order valence-corrected chi connectivity index (χ1v) is 16.5. The molecule has 2 amide bonds. The molecule has 0 unspecified atom stereocenters. The number of nitrogens with zero attached hydrogens (tertiary/aromatic N) is 3. The number of carbonyl (C=O) groups is 3. The lowest BCUT2D eigenvalue weighted by Gasteiger charge is -2.10. The summed E-state index contributed by atoms with van der Waals surface area (Å²) in [7, 11) is 1.66. The van der Waals surface area contributed by atoms with Crippen molar-refractivity contribution in [3.63, 3.8) is 0 Å². The van der Waals surface area contributed by atoms with Crippen molar-refractivity contribution in [1.29, 1.82) is 0 Å². The molecule has 0 saturated heterocycles. The third kappa shape index (κ3) is 7.96. The average molecular weight is 715 g/mol. The zero-order valence-corrected chi connectivity index (χ0v) is 28.9. The van der Waals surface area contributed by atoms with Gasteiger partial charge in [0, 0.05) is 48.4 Å². The van der Waals surface area contributed by atoms with Gasteiger partial charge in [0.2, 0.25) is 11.3 Å². The van der Waals surface area contributed by atoms with E-state index >= 15 is 0 Å². The van der Waals surface area contributed by atoms with E-state index in [4.69, 9.17) is 14.3 Å². The highest BCUT2D eigenvalue weighted by atomic mass is 16.5. The molecule has 53 heavy (non-hydrogen) atoms. The van der Waals surface area contributed by atoms with Crippen LogP contribution in [0, 0.1) is 0 Å². The van der Waals surface area contributed by atoms with Crippen LogP contribution in [-0.2, 0) is 16.0 Å². The highest BCUT2D eigenvalue weighted by molar-refractivity contribution is 6.12. The molecule has 14 heteroatoms. The Hall–Kier alpha value is -7.09. The number of anilines is 1. The van der Waals surface area contributed by atoms with Gasteiger partial charge < -0.3 is 29.5 Å². The van der Waals surface area contributed by atoms with Crippen molar-refractivity contribution in [3.8, 4) is 17.2 Å². The number of hydrogen-bond donors (Lipinski definition) is 4. The van der Waals surface area contributed by atoms with Crippen molar-refractivity contribution in [1.82, 2.24) is 20.3 Å². The van der Waals surface area contributed by atoms with E-state index in [2.05, 4.69) is 25.4 Å². The maximum absolute atomic E-state index is 12.3. The van der Waals surface area contributed by atoms with E-state index in [1.165, 1.54) is 23.6 Å². The smallest absolute Gasteiger partial charge is 0.352 e. The van der Waals surface area contributed by atoms with Gasteiger partial charge in [-0.25, -0.2) is 14.8 Å². The first-order valence-electron chi connectivity index (χ1n) is 16.5. The van der Waals surface area contributed by atoms with Gasteiger partial charge in [-0.15, -0.1) is 0 Å². The molecule has 3 aliphatic rings. The van der Waals surface area contributed by atoms with Gasteiger partial charge >= 0.3 is 5.97 Å². The van der Waals surface area contributed by atoms with E-state index in [1.807, 2.05) is 61.7 Å². The first-order chi connectivity index (χ1) is 25.5. The number of carboxylic acid groups (broad SMARTS) is 1. The number of aromatic carboxylic acids is 1. The Kier molecular flexibility index (Phi) is 10.4. The summed E-state index contributed by atoms with van der Waals surface area (Å²) in [6.07, 6.45) is 3.23. The number of fused-ring (bicyclic) bond motifs is 5. The predicted molar refractivity (Wildman–Crippen MR) is 201 cm³/mol. The molecular formula is C39H34N6O8. The van der Waals surface area contributed by atoms with Crippen LogP contribution in [0.3, 0.4) is 0 Å². The van der Waals surface area contributed by atoms with Gasteiger partial charge in [0.25, 0.3) is 5.91 Å². The van der Waals surface area contributed by atoms with Gasteiger partial charge in [-0.05, 0) is 61.4 Å². The number of methoxy groups -OCH3 is 1. The van der Waals surface area contributed by atoms with Crippen LogP contribution in [0.1, 0.15) is 36.3 Å². The van der Waals surface area contributed by atoms with Crippen LogP contribution in [0.5, 0.6) is 5.75 Å². The number of carbonyl (C=O) groups excluding carboxylic acids is 2. The molecule has 0 radical (unpaired) electrons. The van der Waals surface area contributed by atoms with E-state index in [9.17, 15) is 24.0 Å². The molecule has 3 aromatic carbocycles. The van der Waals surface area contributed by atoms with E-state index in [0.29, 0.717) is 24.1 Å². The lowest BCUT2D eigenvalue weighted by atomic mass is 10.1. The highest BCUT2D eigenvalue weighted by Gasteiger charge is 2.22. The third-order valence-corrected chi connectivity index (χ3v) is 8.22. The molecule has 0 bridgehead atoms. The fourth-order valence-corrected chi connectivity index (χ4v) is 5.73. The minimum absolute atomic E-state index is 0.00224. The molecule has 1 aliphatic carbocycles. The van der Waals surface area contributed by atoms with Crippen molar-refractivity contribution in [2.24, 2.45) is 5.10 Å². The van der Waals surface area contributed by atoms with E-state index in [-0.39, 0.29) is 39.9 Å². The number of ether oxygens (including phenoxy) is 1. The molecule has 0 fully saturated rings. The number of para-hydroxylation sites is 3. The Labute approximate surface area is 301 Å². The summed E-state index contributed by atoms with van der Waals surface area (Å²) in [4.78, 5) is 67.8. The number of H-pyrrole nitrogens is 2. The fraction of sp³-hybridized carbons (Fsp3) is 0.154. The summed E-state index contributed by atoms with van der Waals surface area (Å²) in [6.45, 7) is 4.04. The van der Waals surface area contributed by atoms with Crippen LogP contribution in [0.2, 0.25) is 0 Å². The molecule has 4 heterocycles. The van der Waals surface area contributed by atoms with Gasteiger partial charge in [0.05, 0.1) is 24.6 Å². The SMILES string of the molecule is CC1=NN(c2ccccc2)C(=O)C1.COc1ccc2[nH]cc(CCNC(C)=O)c2c1.O=C(O)c1cc(=O)c2c3nc4ccccc4oc-3cc(=O)c2[nH]1. The fourth-order valence-electron chi connectivity index (χ4n) is 5.73. The van der Waals surface area contributed by atoms with Crippen LogP contribution in [0.25, 0.3) is 44.4 Å². The monoisotopic (exact) mass is 714 g/mol. The molecule has 0 saturated carbocycles. The molecule has 268 valence electrons. The van der Waals surface area contributed by atoms with Gasteiger partial charge in [0.15, 0.2) is 16.8 Å². The van der Waals surface area contributed by atoms with Crippen LogP contribution in [0.4, 0.5) is 5.69 Å². The van der Waals surface area contributed by atoms with Gasteiger partial charge in [0.1, 0.15) is 28.2 Å². The minimum Gasteiger partial charge on any atom is -0.497 e. The highest BCUT2D eigenvalue weighted by Crippen LogP contribution is 2.28. The number of benzene rings is 4. The zero-order chi connectivity index (χ0) is 37.6. The lowest BCUT2D eigenvalue weighted by Crippen LogP contribution is -2.22. The van der Waals surface area contributed by atoms with Crippen molar-refractivity contribution in [3.05, 3.63) is 123 Å². The maximum atomic E-state index is 12.3. The first kappa shape index (κ1) is 35.7. The predicted octanol–water partition coefficient (Wildman–Crippen LogP) is 5.49. The number of aromatic amines is 2. The largest absolute Gasteiger partial charge is 0.497 e. The Morgan fingerprint density at radius 3 is 2.43 bits per heavy atom. The number of carboxylic acids is 1. The van der Waals surface area contributed by atoms with E-state index in [1.54, 1.807) is 31.4 Å².